The Hall–Kier alpha value is -3.81. The van der Waals surface area contributed by atoms with Gasteiger partial charge in [-0.15, -0.1) is 0 Å². The molecule has 184 valence electrons. The molecule has 0 aliphatic carbocycles. The minimum Gasteiger partial charge on any atom is -0.457 e. The van der Waals surface area contributed by atoms with Crippen molar-refractivity contribution < 1.29 is 17.9 Å². The number of amides is 1. The van der Waals surface area contributed by atoms with Crippen LogP contribution in [0.1, 0.15) is 11.1 Å². The molecular formula is C28H25ClN2O4S. The number of rotatable bonds is 9. The number of aryl methyl sites for hydroxylation is 1. The van der Waals surface area contributed by atoms with Crippen LogP contribution in [0.3, 0.4) is 0 Å². The zero-order valence-electron chi connectivity index (χ0n) is 19.6. The first kappa shape index (κ1) is 25.3. The first-order valence-electron chi connectivity index (χ1n) is 11.3. The summed E-state index contributed by atoms with van der Waals surface area (Å²) in [4.78, 5) is 13.0. The van der Waals surface area contributed by atoms with E-state index >= 15 is 0 Å². The van der Waals surface area contributed by atoms with E-state index in [1.54, 1.807) is 54.6 Å². The molecule has 4 aromatic carbocycles. The molecule has 8 heteroatoms. The lowest BCUT2D eigenvalue weighted by Crippen LogP contribution is -2.40. The summed E-state index contributed by atoms with van der Waals surface area (Å²) in [5.74, 6) is 0.740. The van der Waals surface area contributed by atoms with Gasteiger partial charge in [0.25, 0.3) is 10.0 Å². The van der Waals surface area contributed by atoms with Gasteiger partial charge in [0.05, 0.1) is 10.6 Å². The number of carbonyl (C=O) groups is 1. The number of ether oxygens (including phenoxy) is 1. The van der Waals surface area contributed by atoms with E-state index < -0.39 is 22.5 Å². The van der Waals surface area contributed by atoms with Crippen molar-refractivity contribution in [3.63, 3.8) is 0 Å². The Bertz CT molecular complexity index is 1420. The number of benzene rings is 4. The van der Waals surface area contributed by atoms with E-state index in [2.05, 4.69) is 5.32 Å². The normalized spacial score (nSPS) is 11.1. The molecule has 0 heterocycles. The summed E-state index contributed by atoms with van der Waals surface area (Å²) in [6.45, 7) is 1.65. The molecule has 0 spiro atoms. The van der Waals surface area contributed by atoms with Gasteiger partial charge >= 0.3 is 0 Å². The van der Waals surface area contributed by atoms with Crippen molar-refractivity contribution in [3.05, 3.63) is 119 Å². The molecule has 0 aliphatic rings. The van der Waals surface area contributed by atoms with Crippen LogP contribution in [0, 0.1) is 6.92 Å². The van der Waals surface area contributed by atoms with Crippen LogP contribution >= 0.6 is 11.6 Å². The number of carbonyl (C=O) groups excluding carboxylic acids is 1. The largest absolute Gasteiger partial charge is 0.457 e. The van der Waals surface area contributed by atoms with Crippen molar-refractivity contribution in [1.82, 2.24) is 5.32 Å². The number of hydrogen-bond acceptors (Lipinski definition) is 4. The first-order valence-corrected chi connectivity index (χ1v) is 13.1. The number of halogens is 1. The molecule has 4 rings (SSSR count). The van der Waals surface area contributed by atoms with Gasteiger partial charge in [-0.25, -0.2) is 8.42 Å². The number of nitrogens with one attached hydrogen (secondary N) is 1. The number of hydrogen-bond donors (Lipinski definition) is 1. The van der Waals surface area contributed by atoms with E-state index in [1.165, 1.54) is 12.1 Å². The van der Waals surface area contributed by atoms with Crippen LogP contribution in [0.4, 0.5) is 5.69 Å². The third kappa shape index (κ3) is 6.24. The highest BCUT2D eigenvalue weighted by Crippen LogP contribution is 2.28. The van der Waals surface area contributed by atoms with Crippen LogP contribution in [0.15, 0.2) is 108 Å². The molecule has 4 aromatic rings. The number of sulfonamides is 1. The van der Waals surface area contributed by atoms with Gasteiger partial charge in [0.2, 0.25) is 5.91 Å². The lowest BCUT2D eigenvalue weighted by Gasteiger charge is -2.24. The monoisotopic (exact) mass is 520 g/mol. The highest BCUT2D eigenvalue weighted by atomic mass is 35.5. The minimum absolute atomic E-state index is 0.0941. The Morgan fingerprint density at radius 2 is 1.44 bits per heavy atom. The second-order valence-corrected chi connectivity index (χ2v) is 10.4. The van der Waals surface area contributed by atoms with E-state index in [9.17, 15) is 13.2 Å². The summed E-state index contributed by atoms with van der Waals surface area (Å²) < 4.78 is 34.1. The Morgan fingerprint density at radius 1 is 0.833 bits per heavy atom. The SMILES string of the molecule is Cc1ccc(S(=O)(=O)N(CC(=O)NCc2ccccc2Cl)c2ccc(Oc3ccccc3)cc2)cc1. The molecule has 0 aliphatic heterocycles. The second kappa shape index (κ2) is 11.3. The number of para-hydroxylation sites is 1. The third-order valence-electron chi connectivity index (χ3n) is 5.43. The van der Waals surface area contributed by atoms with Gasteiger partial charge in [0.1, 0.15) is 18.0 Å². The van der Waals surface area contributed by atoms with Crippen LogP contribution in [-0.2, 0) is 21.4 Å². The summed E-state index contributed by atoms with van der Waals surface area (Å²) in [6, 6.07) is 29.5. The molecule has 0 fully saturated rings. The highest BCUT2D eigenvalue weighted by Gasteiger charge is 2.27. The van der Waals surface area contributed by atoms with Gasteiger partial charge < -0.3 is 10.1 Å². The maximum absolute atomic E-state index is 13.6. The smallest absolute Gasteiger partial charge is 0.264 e. The predicted molar refractivity (Wildman–Crippen MR) is 142 cm³/mol. The molecule has 0 saturated carbocycles. The fourth-order valence-corrected chi connectivity index (χ4v) is 5.10. The maximum atomic E-state index is 13.6. The summed E-state index contributed by atoms with van der Waals surface area (Å²) in [7, 11) is -4.02. The van der Waals surface area contributed by atoms with E-state index in [1.807, 2.05) is 43.3 Å². The molecule has 0 bridgehead atoms. The summed E-state index contributed by atoms with van der Waals surface area (Å²) >= 11 is 6.18. The minimum atomic E-state index is -4.02. The molecule has 6 nitrogen and oxygen atoms in total. The van der Waals surface area contributed by atoms with Crippen molar-refractivity contribution in [2.24, 2.45) is 0 Å². The van der Waals surface area contributed by atoms with Gasteiger partial charge in [-0.3, -0.25) is 9.10 Å². The van der Waals surface area contributed by atoms with Crippen LogP contribution in [-0.4, -0.2) is 20.9 Å². The Kier molecular flexibility index (Phi) is 7.93. The van der Waals surface area contributed by atoms with Gasteiger partial charge in [-0.05, 0) is 67.1 Å². The summed E-state index contributed by atoms with van der Waals surface area (Å²) in [5.41, 5.74) is 2.01. The number of anilines is 1. The zero-order valence-corrected chi connectivity index (χ0v) is 21.2. The molecule has 1 N–H and O–H groups in total. The standard InChI is InChI=1S/C28H25ClN2O4S/c1-21-11-17-26(18-12-21)36(33,34)31(20-28(32)30-19-22-7-5-6-10-27(22)29)23-13-15-25(16-14-23)35-24-8-3-2-4-9-24/h2-18H,19-20H2,1H3,(H,30,32). The molecule has 1 amide bonds. The summed E-state index contributed by atoms with van der Waals surface area (Å²) in [5, 5.41) is 3.29. The van der Waals surface area contributed by atoms with Crippen molar-refractivity contribution in [1.29, 1.82) is 0 Å². The molecule has 0 aromatic heterocycles. The van der Waals surface area contributed by atoms with Crippen molar-refractivity contribution in [2.45, 2.75) is 18.4 Å². The highest BCUT2D eigenvalue weighted by molar-refractivity contribution is 7.92. The van der Waals surface area contributed by atoms with E-state index in [4.69, 9.17) is 16.3 Å². The van der Waals surface area contributed by atoms with Crippen LogP contribution in [0.25, 0.3) is 0 Å². The average molecular weight is 521 g/mol. The van der Waals surface area contributed by atoms with E-state index in [0.717, 1.165) is 15.4 Å². The Labute approximate surface area is 216 Å². The van der Waals surface area contributed by atoms with Gasteiger partial charge in [0, 0.05) is 11.6 Å². The molecule has 36 heavy (non-hydrogen) atoms. The van der Waals surface area contributed by atoms with Gasteiger partial charge in [-0.2, -0.15) is 0 Å². The Morgan fingerprint density at radius 3 is 2.11 bits per heavy atom. The lowest BCUT2D eigenvalue weighted by molar-refractivity contribution is -0.119. The fraction of sp³-hybridized carbons (Fsp3) is 0.107. The summed E-state index contributed by atoms with van der Waals surface area (Å²) in [6.07, 6.45) is 0. The fourth-order valence-electron chi connectivity index (χ4n) is 3.48. The van der Waals surface area contributed by atoms with Crippen LogP contribution in [0.2, 0.25) is 5.02 Å². The maximum Gasteiger partial charge on any atom is 0.264 e. The topological polar surface area (TPSA) is 75.7 Å². The lowest BCUT2D eigenvalue weighted by atomic mass is 10.2. The third-order valence-corrected chi connectivity index (χ3v) is 7.59. The first-order chi connectivity index (χ1) is 17.3. The Balaban J connectivity index is 1.58. The van der Waals surface area contributed by atoms with Gasteiger partial charge in [-0.1, -0.05) is 65.7 Å². The van der Waals surface area contributed by atoms with Crippen molar-refractivity contribution in [2.75, 3.05) is 10.8 Å². The van der Waals surface area contributed by atoms with Gasteiger partial charge in [0.15, 0.2) is 0 Å². The molecule has 0 radical (unpaired) electrons. The second-order valence-electron chi connectivity index (χ2n) is 8.10. The van der Waals surface area contributed by atoms with Crippen LogP contribution in [0.5, 0.6) is 11.5 Å². The quantitative estimate of drug-likeness (QED) is 0.296. The van der Waals surface area contributed by atoms with Crippen LogP contribution < -0.4 is 14.4 Å². The van der Waals surface area contributed by atoms with Crippen molar-refractivity contribution in [3.8, 4) is 11.5 Å². The molecule has 0 saturated heterocycles. The average Bonchev–Trinajstić information content (AvgIpc) is 2.88. The molecular weight excluding hydrogens is 496 g/mol. The van der Waals surface area contributed by atoms with Crippen molar-refractivity contribution >= 4 is 33.2 Å². The predicted octanol–water partition coefficient (Wildman–Crippen LogP) is 5.95. The molecule has 0 unspecified atom stereocenters. The number of nitrogens with zero attached hydrogens (tertiary/aromatic N) is 1. The van der Waals surface area contributed by atoms with E-state index in [0.29, 0.717) is 22.2 Å². The molecule has 0 atom stereocenters. The zero-order chi connectivity index (χ0) is 25.5. The van der Waals surface area contributed by atoms with E-state index in [-0.39, 0.29) is 11.4 Å².